The van der Waals surface area contributed by atoms with Crippen molar-refractivity contribution in [1.82, 2.24) is 19.5 Å². The van der Waals surface area contributed by atoms with E-state index in [1.54, 1.807) is 6.20 Å². The third kappa shape index (κ3) is 3.55. The van der Waals surface area contributed by atoms with Crippen molar-refractivity contribution in [2.45, 2.75) is 33.2 Å². The van der Waals surface area contributed by atoms with Gasteiger partial charge in [0.15, 0.2) is 0 Å². The maximum absolute atomic E-state index is 4.43. The van der Waals surface area contributed by atoms with Gasteiger partial charge in [-0.3, -0.25) is 4.98 Å². The first-order chi connectivity index (χ1) is 8.75. The van der Waals surface area contributed by atoms with Gasteiger partial charge in [0.25, 0.3) is 0 Å². The van der Waals surface area contributed by atoms with Crippen LogP contribution < -0.4 is 5.32 Å². The zero-order chi connectivity index (χ0) is 12.8. The molecule has 0 radical (unpaired) electrons. The number of nitrogens with zero attached hydrogens (tertiary/aromatic N) is 4. The lowest BCUT2D eigenvalue weighted by atomic mass is 10.3. The molecule has 0 amide bonds. The lowest BCUT2D eigenvalue weighted by Gasteiger charge is -2.08. The molecular formula is C13H19N5. The number of aromatic nitrogens is 4. The smallest absolute Gasteiger partial charge is 0.147 e. The SMILES string of the molecule is Cc1cnc(C)c(NCCCCn2ccnc2)n1. The second-order valence-corrected chi connectivity index (χ2v) is 4.38. The Morgan fingerprint density at radius 2 is 2.17 bits per heavy atom. The first-order valence-corrected chi connectivity index (χ1v) is 6.25. The molecule has 5 heteroatoms. The largest absolute Gasteiger partial charge is 0.369 e. The number of hydrogen-bond donors (Lipinski definition) is 1. The summed E-state index contributed by atoms with van der Waals surface area (Å²) >= 11 is 0. The Morgan fingerprint density at radius 1 is 1.28 bits per heavy atom. The number of anilines is 1. The van der Waals surface area contributed by atoms with Crippen LogP contribution in [0.5, 0.6) is 0 Å². The fraction of sp³-hybridized carbons (Fsp3) is 0.462. The Kier molecular flexibility index (Phi) is 4.28. The number of aryl methyl sites for hydroxylation is 3. The topological polar surface area (TPSA) is 55.6 Å². The van der Waals surface area contributed by atoms with Gasteiger partial charge in [-0.05, 0) is 26.7 Å². The molecule has 0 aliphatic heterocycles. The van der Waals surface area contributed by atoms with Gasteiger partial charge in [0, 0.05) is 31.7 Å². The molecule has 2 aromatic rings. The lowest BCUT2D eigenvalue weighted by molar-refractivity contribution is 0.620. The Hall–Kier alpha value is -1.91. The third-order valence-corrected chi connectivity index (χ3v) is 2.77. The summed E-state index contributed by atoms with van der Waals surface area (Å²) in [5.74, 6) is 0.901. The third-order valence-electron chi connectivity index (χ3n) is 2.77. The molecule has 18 heavy (non-hydrogen) atoms. The first kappa shape index (κ1) is 12.5. The van der Waals surface area contributed by atoms with E-state index in [2.05, 4.69) is 24.8 Å². The van der Waals surface area contributed by atoms with Crippen molar-refractivity contribution >= 4 is 5.82 Å². The average molecular weight is 245 g/mol. The lowest BCUT2D eigenvalue weighted by Crippen LogP contribution is -2.07. The highest BCUT2D eigenvalue weighted by Gasteiger charge is 2.00. The molecule has 0 bridgehead atoms. The van der Waals surface area contributed by atoms with Crippen molar-refractivity contribution in [3.63, 3.8) is 0 Å². The van der Waals surface area contributed by atoms with Crippen LogP contribution in [0.3, 0.4) is 0 Å². The minimum absolute atomic E-state index is 0.901. The van der Waals surface area contributed by atoms with E-state index in [0.717, 1.165) is 43.1 Å². The summed E-state index contributed by atoms with van der Waals surface area (Å²) in [6.07, 6.45) is 9.67. The van der Waals surface area contributed by atoms with Crippen LogP contribution in [-0.4, -0.2) is 26.1 Å². The van der Waals surface area contributed by atoms with E-state index in [4.69, 9.17) is 0 Å². The molecule has 0 aliphatic carbocycles. The maximum atomic E-state index is 4.43. The molecule has 1 N–H and O–H groups in total. The first-order valence-electron chi connectivity index (χ1n) is 6.25. The molecule has 2 rings (SSSR count). The van der Waals surface area contributed by atoms with Crippen molar-refractivity contribution in [3.8, 4) is 0 Å². The molecule has 2 aromatic heterocycles. The molecule has 96 valence electrons. The van der Waals surface area contributed by atoms with Crippen molar-refractivity contribution in [2.24, 2.45) is 0 Å². The van der Waals surface area contributed by atoms with E-state index < -0.39 is 0 Å². The van der Waals surface area contributed by atoms with E-state index in [0.29, 0.717) is 0 Å². The van der Waals surface area contributed by atoms with Gasteiger partial charge < -0.3 is 9.88 Å². The zero-order valence-corrected chi connectivity index (χ0v) is 10.9. The minimum atomic E-state index is 0.901. The summed E-state index contributed by atoms with van der Waals surface area (Å²) in [5, 5.41) is 3.34. The Labute approximate surface area is 107 Å². The fourth-order valence-electron chi connectivity index (χ4n) is 1.75. The highest BCUT2D eigenvalue weighted by molar-refractivity contribution is 5.39. The molecule has 0 spiro atoms. The maximum Gasteiger partial charge on any atom is 0.147 e. The van der Waals surface area contributed by atoms with Crippen LogP contribution in [-0.2, 0) is 6.54 Å². The van der Waals surface area contributed by atoms with E-state index in [9.17, 15) is 0 Å². The molecule has 2 heterocycles. The second-order valence-electron chi connectivity index (χ2n) is 4.38. The highest BCUT2D eigenvalue weighted by atomic mass is 15.0. The summed E-state index contributed by atoms with van der Waals surface area (Å²) in [6.45, 7) is 5.87. The summed E-state index contributed by atoms with van der Waals surface area (Å²) in [4.78, 5) is 12.7. The highest BCUT2D eigenvalue weighted by Crippen LogP contribution is 2.08. The monoisotopic (exact) mass is 245 g/mol. The molecule has 0 saturated heterocycles. The van der Waals surface area contributed by atoms with Crippen LogP contribution in [0.25, 0.3) is 0 Å². The minimum Gasteiger partial charge on any atom is -0.369 e. The van der Waals surface area contributed by atoms with E-state index >= 15 is 0 Å². The fourth-order valence-corrected chi connectivity index (χ4v) is 1.75. The van der Waals surface area contributed by atoms with Crippen molar-refractivity contribution in [2.75, 3.05) is 11.9 Å². The summed E-state index contributed by atoms with van der Waals surface area (Å²) in [6, 6.07) is 0. The Bertz CT molecular complexity index is 478. The summed E-state index contributed by atoms with van der Waals surface area (Å²) < 4.78 is 2.09. The van der Waals surface area contributed by atoms with Crippen LogP contribution in [0.1, 0.15) is 24.2 Å². The molecule has 0 atom stereocenters. The molecule has 0 unspecified atom stereocenters. The van der Waals surface area contributed by atoms with E-state index in [1.807, 2.05) is 32.6 Å². The Morgan fingerprint density at radius 3 is 2.94 bits per heavy atom. The zero-order valence-electron chi connectivity index (χ0n) is 10.9. The standard InChI is InChI=1S/C13H19N5/c1-11-9-16-12(2)13(17-11)15-5-3-4-7-18-8-6-14-10-18/h6,8-10H,3-5,7H2,1-2H3,(H,15,17). The normalized spacial score (nSPS) is 10.6. The molecular weight excluding hydrogens is 226 g/mol. The van der Waals surface area contributed by atoms with Crippen LogP contribution >= 0.6 is 0 Å². The number of rotatable bonds is 6. The predicted molar refractivity (Wildman–Crippen MR) is 71.5 cm³/mol. The summed E-state index contributed by atoms with van der Waals surface area (Å²) in [7, 11) is 0. The second kappa shape index (κ2) is 6.14. The van der Waals surface area contributed by atoms with Gasteiger partial charge in [-0.15, -0.1) is 0 Å². The number of nitrogens with one attached hydrogen (secondary N) is 1. The van der Waals surface area contributed by atoms with Gasteiger partial charge in [-0.2, -0.15) is 0 Å². The van der Waals surface area contributed by atoms with Gasteiger partial charge >= 0.3 is 0 Å². The molecule has 0 saturated carbocycles. The number of unbranched alkanes of at least 4 members (excludes halogenated alkanes) is 1. The number of hydrogen-bond acceptors (Lipinski definition) is 4. The van der Waals surface area contributed by atoms with Gasteiger partial charge in [0.2, 0.25) is 0 Å². The predicted octanol–water partition coefficient (Wildman–Crippen LogP) is 2.18. The van der Waals surface area contributed by atoms with Gasteiger partial charge in [0.1, 0.15) is 5.82 Å². The van der Waals surface area contributed by atoms with Crippen LogP contribution in [0.4, 0.5) is 5.82 Å². The number of imidazole rings is 1. The van der Waals surface area contributed by atoms with Crippen molar-refractivity contribution in [3.05, 3.63) is 36.3 Å². The molecule has 5 nitrogen and oxygen atoms in total. The molecule has 0 aliphatic rings. The van der Waals surface area contributed by atoms with Crippen LogP contribution in [0.2, 0.25) is 0 Å². The van der Waals surface area contributed by atoms with Crippen molar-refractivity contribution in [1.29, 1.82) is 0 Å². The average Bonchev–Trinajstić information content (AvgIpc) is 2.86. The van der Waals surface area contributed by atoms with E-state index in [1.165, 1.54) is 0 Å². The van der Waals surface area contributed by atoms with E-state index in [-0.39, 0.29) is 0 Å². The Balaban J connectivity index is 1.70. The van der Waals surface area contributed by atoms with Gasteiger partial charge in [0.05, 0.1) is 17.7 Å². The van der Waals surface area contributed by atoms with Gasteiger partial charge in [-0.1, -0.05) is 0 Å². The molecule has 0 aromatic carbocycles. The van der Waals surface area contributed by atoms with Crippen LogP contribution in [0, 0.1) is 13.8 Å². The van der Waals surface area contributed by atoms with Gasteiger partial charge in [-0.25, -0.2) is 9.97 Å². The van der Waals surface area contributed by atoms with Crippen LogP contribution in [0.15, 0.2) is 24.9 Å². The quantitative estimate of drug-likeness (QED) is 0.793. The van der Waals surface area contributed by atoms with Crippen molar-refractivity contribution < 1.29 is 0 Å². The summed E-state index contributed by atoms with van der Waals surface area (Å²) in [5.41, 5.74) is 1.90. The molecule has 0 fully saturated rings.